The molecule has 2 N–H and O–H groups in total. The molecule has 7 heteroatoms. The Morgan fingerprint density at radius 3 is 3.05 bits per heavy atom. The molecule has 2 aromatic rings. The van der Waals surface area contributed by atoms with E-state index in [0.717, 1.165) is 47.2 Å². The van der Waals surface area contributed by atoms with Crippen molar-refractivity contribution < 1.29 is 4.74 Å². The molecule has 0 saturated carbocycles. The average Bonchev–Trinajstić information content (AvgIpc) is 2.96. The Morgan fingerprint density at radius 2 is 2.29 bits per heavy atom. The fourth-order valence-corrected chi connectivity index (χ4v) is 2.83. The summed E-state index contributed by atoms with van der Waals surface area (Å²) in [5.74, 6) is 2.23. The Morgan fingerprint density at radius 1 is 1.43 bits per heavy atom. The average molecular weight is 352 g/mol. The van der Waals surface area contributed by atoms with Gasteiger partial charge in [0.2, 0.25) is 5.95 Å². The molecule has 1 aliphatic rings. The van der Waals surface area contributed by atoms with E-state index in [1.54, 1.807) is 7.11 Å². The summed E-state index contributed by atoms with van der Waals surface area (Å²) in [6.07, 6.45) is 0. The van der Waals surface area contributed by atoms with Gasteiger partial charge in [-0.3, -0.25) is 5.10 Å². The van der Waals surface area contributed by atoms with Crippen LogP contribution >= 0.6 is 15.9 Å². The number of rotatable bonds is 3. The van der Waals surface area contributed by atoms with Gasteiger partial charge in [0, 0.05) is 30.1 Å². The van der Waals surface area contributed by atoms with Gasteiger partial charge in [-0.1, -0.05) is 15.9 Å². The molecule has 1 aromatic carbocycles. The molecule has 0 spiro atoms. The van der Waals surface area contributed by atoms with Crippen LogP contribution in [0.5, 0.6) is 5.75 Å². The van der Waals surface area contributed by atoms with Crippen LogP contribution in [0.2, 0.25) is 0 Å². The second-order valence-corrected chi connectivity index (χ2v) is 6.05. The minimum Gasteiger partial charge on any atom is -0.496 e. The number of benzene rings is 1. The van der Waals surface area contributed by atoms with Crippen molar-refractivity contribution in [2.24, 2.45) is 0 Å². The summed E-state index contributed by atoms with van der Waals surface area (Å²) in [7, 11) is 1.65. The number of aromatic amines is 1. The lowest BCUT2D eigenvalue weighted by Gasteiger charge is -2.30. The minimum atomic E-state index is 0.447. The number of hydrogen-bond acceptors (Lipinski definition) is 5. The Kier molecular flexibility index (Phi) is 4.12. The van der Waals surface area contributed by atoms with E-state index in [2.05, 4.69) is 48.3 Å². The molecule has 0 bridgehead atoms. The van der Waals surface area contributed by atoms with Crippen molar-refractivity contribution in [1.82, 2.24) is 20.5 Å². The summed E-state index contributed by atoms with van der Waals surface area (Å²) < 4.78 is 6.38. The number of ether oxygens (including phenoxy) is 1. The van der Waals surface area contributed by atoms with Gasteiger partial charge in [0.15, 0.2) is 5.82 Å². The number of halogens is 1. The third-order valence-electron chi connectivity index (χ3n) is 3.54. The van der Waals surface area contributed by atoms with Crippen LogP contribution in [0.25, 0.3) is 11.4 Å². The standard InChI is InChI=1S/C14H18BrN5O/c1-9-8-20(6-5-16-9)14-17-13(18-19-14)11-4-3-10(15)7-12(11)21-2/h3-4,7,9,16H,5-6,8H2,1-2H3,(H,17,18,19)/t9-/m1/s1. The molecule has 21 heavy (non-hydrogen) atoms. The first-order chi connectivity index (χ1) is 10.2. The van der Waals surface area contributed by atoms with E-state index in [1.807, 2.05) is 18.2 Å². The van der Waals surface area contributed by atoms with Gasteiger partial charge in [0.05, 0.1) is 12.7 Å². The predicted molar refractivity (Wildman–Crippen MR) is 85.7 cm³/mol. The van der Waals surface area contributed by atoms with Gasteiger partial charge in [-0.25, -0.2) is 0 Å². The van der Waals surface area contributed by atoms with Gasteiger partial charge in [-0.05, 0) is 25.1 Å². The molecule has 0 aliphatic carbocycles. The minimum absolute atomic E-state index is 0.447. The fraction of sp³-hybridized carbons (Fsp3) is 0.429. The monoisotopic (exact) mass is 351 g/mol. The maximum atomic E-state index is 5.41. The molecule has 1 aliphatic heterocycles. The van der Waals surface area contributed by atoms with E-state index in [9.17, 15) is 0 Å². The number of hydrogen-bond donors (Lipinski definition) is 2. The molecular formula is C14H18BrN5O. The van der Waals surface area contributed by atoms with E-state index >= 15 is 0 Å². The molecule has 1 aromatic heterocycles. The zero-order valence-corrected chi connectivity index (χ0v) is 13.6. The maximum absolute atomic E-state index is 5.41. The molecule has 3 rings (SSSR count). The number of anilines is 1. The third kappa shape index (κ3) is 3.03. The predicted octanol–water partition coefficient (Wildman–Crippen LogP) is 2.04. The van der Waals surface area contributed by atoms with Crippen molar-refractivity contribution >= 4 is 21.9 Å². The van der Waals surface area contributed by atoms with E-state index in [-0.39, 0.29) is 0 Å². The Balaban J connectivity index is 1.88. The quantitative estimate of drug-likeness (QED) is 0.885. The molecular weight excluding hydrogens is 334 g/mol. The van der Waals surface area contributed by atoms with Gasteiger partial charge in [0.1, 0.15) is 5.75 Å². The number of methoxy groups -OCH3 is 1. The van der Waals surface area contributed by atoms with Crippen LogP contribution in [0, 0.1) is 0 Å². The van der Waals surface area contributed by atoms with Crippen molar-refractivity contribution in [2.75, 3.05) is 31.6 Å². The van der Waals surface area contributed by atoms with Crippen molar-refractivity contribution in [3.05, 3.63) is 22.7 Å². The van der Waals surface area contributed by atoms with Crippen LogP contribution in [0.15, 0.2) is 22.7 Å². The highest BCUT2D eigenvalue weighted by molar-refractivity contribution is 9.10. The highest BCUT2D eigenvalue weighted by atomic mass is 79.9. The van der Waals surface area contributed by atoms with Gasteiger partial charge in [-0.2, -0.15) is 4.98 Å². The van der Waals surface area contributed by atoms with Crippen LogP contribution in [0.3, 0.4) is 0 Å². The highest BCUT2D eigenvalue weighted by Crippen LogP contribution is 2.31. The summed E-state index contributed by atoms with van der Waals surface area (Å²) in [6.45, 7) is 4.94. The first kappa shape index (κ1) is 14.3. The summed E-state index contributed by atoms with van der Waals surface area (Å²) in [5.41, 5.74) is 0.905. The lowest BCUT2D eigenvalue weighted by Crippen LogP contribution is -2.49. The smallest absolute Gasteiger partial charge is 0.245 e. The highest BCUT2D eigenvalue weighted by Gasteiger charge is 2.20. The summed E-state index contributed by atoms with van der Waals surface area (Å²) in [5, 5.41) is 10.8. The zero-order chi connectivity index (χ0) is 14.8. The van der Waals surface area contributed by atoms with Gasteiger partial charge < -0.3 is 15.0 Å². The maximum Gasteiger partial charge on any atom is 0.245 e. The molecule has 0 radical (unpaired) electrons. The second kappa shape index (κ2) is 6.03. The topological polar surface area (TPSA) is 66.1 Å². The second-order valence-electron chi connectivity index (χ2n) is 5.13. The number of nitrogens with one attached hydrogen (secondary N) is 2. The SMILES string of the molecule is COc1cc(Br)ccc1-c1nc(N2CCN[C@H](C)C2)n[nH]1. The number of piperazine rings is 1. The molecule has 0 unspecified atom stereocenters. The first-order valence-electron chi connectivity index (χ1n) is 6.92. The Hall–Kier alpha value is -1.60. The van der Waals surface area contributed by atoms with Crippen molar-refractivity contribution in [1.29, 1.82) is 0 Å². The summed E-state index contributed by atoms with van der Waals surface area (Å²) in [4.78, 5) is 6.80. The molecule has 2 heterocycles. The molecule has 1 saturated heterocycles. The largest absolute Gasteiger partial charge is 0.496 e. The van der Waals surface area contributed by atoms with E-state index in [4.69, 9.17) is 4.74 Å². The van der Waals surface area contributed by atoms with Crippen molar-refractivity contribution in [3.8, 4) is 17.1 Å². The van der Waals surface area contributed by atoms with Gasteiger partial charge in [0.25, 0.3) is 0 Å². The van der Waals surface area contributed by atoms with Crippen LogP contribution in [-0.2, 0) is 0 Å². The van der Waals surface area contributed by atoms with Crippen molar-refractivity contribution in [2.45, 2.75) is 13.0 Å². The molecule has 1 fully saturated rings. The van der Waals surface area contributed by atoms with Gasteiger partial charge in [-0.15, -0.1) is 5.10 Å². The van der Waals surface area contributed by atoms with Crippen LogP contribution in [0.1, 0.15) is 6.92 Å². The first-order valence-corrected chi connectivity index (χ1v) is 7.71. The van der Waals surface area contributed by atoms with E-state index < -0.39 is 0 Å². The zero-order valence-electron chi connectivity index (χ0n) is 12.1. The summed E-state index contributed by atoms with van der Waals surface area (Å²) in [6, 6.07) is 6.30. The summed E-state index contributed by atoms with van der Waals surface area (Å²) >= 11 is 3.44. The van der Waals surface area contributed by atoms with Crippen LogP contribution in [-0.4, -0.2) is 48.0 Å². The lowest BCUT2D eigenvalue weighted by molar-refractivity contribution is 0.416. The number of H-pyrrole nitrogens is 1. The molecule has 0 amide bonds. The normalized spacial score (nSPS) is 18.8. The van der Waals surface area contributed by atoms with Crippen LogP contribution < -0.4 is 15.0 Å². The fourth-order valence-electron chi connectivity index (χ4n) is 2.49. The lowest BCUT2D eigenvalue weighted by atomic mass is 10.2. The molecule has 6 nitrogen and oxygen atoms in total. The third-order valence-corrected chi connectivity index (χ3v) is 4.04. The Bertz CT molecular complexity index is 630. The van der Waals surface area contributed by atoms with E-state index in [0.29, 0.717) is 6.04 Å². The van der Waals surface area contributed by atoms with E-state index in [1.165, 1.54) is 0 Å². The van der Waals surface area contributed by atoms with Crippen LogP contribution in [0.4, 0.5) is 5.95 Å². The molecule has 1 atom stereocenters. The van der Waals surface area contributed by atoms with Gasteiger partial charge >= 0.3 is 0 Å². The Labute approximate surface area is 132 Å². The number of nitrogens with zero attached hydrogens (tertiary/aromatic N) is 3. The van der Waals surface area contributed by atoms with Crippen molar-refractivity contribution in [3.63, 3.8) is 0 Å². The molecule has 112 valence electrons. The number of aromatic nitrogens is 3.